The number of hydrogen-bond donors (Lipinski definition) is 0. The number of rotatable bonds is 1. The van der Waals surface area contributed by atoms with Crippen LogP contribution < -0.4 is 0 Å². The van der Waals surface area contributed by atoms with E-state index in [1.165, 1.54) is 19.5 Å². The minimum absolute atomic E-state index is 0.00174. The topological polar surface area (TPSA) is 3.24 Å². The lowest BCUT2D eigenvalue weighted by Crippen LogP contribution is -2.50. The Kier molecular flexibility index (Phi) is 1.50. The number of nitrogens with zero attached hydrogens (tertiary/aromatic N) is 1. The Morgan fingerprint density at radius 1 is 1.44 bits per heavy atom. The maximum absolute atomic E-state index is 5.32. The summed E-state index contributed by atoms with van der Waals surface area (Å²) in [6.07, 6.45) is 6.64. The molecular formula is C8H13N. The second-order valence-corrected chi connectivity index (χ2v) is 3.04. The molecule has 9 heavy (non-hydrogen) atoms. The van der Waals surface area contributed by atoms with Crippen molar-refractivity contribution in [3.05, 3.63) is 0 Å². The van der Waals surface area contributed by atoms with Crippen molar-refractivity contribution in [3.8, 4) is 12.3 Å². The summed E-state index contributed by atoms with van der Waals surface area (Å²) in [4.78, 5) is 2.31. The van der Waals surface area contributed by atoms with Gasteiger partial charge in [0.15, 0.2) is 0 Å². The molecule has 0 aliphatic carbocycles. The van der Waals surface area contributed by atoms with E-state index in [0.29, 0.717) is 0 Å². The predicted octanol–water partition coefficient (Wildman–Crippen LogP) is 1.10. The summed E-state index contributed by atoms with van der Waals surface area (Å²) in [6, 6.07) is 0. The van der Waals surface area contributed by atoms with Crippen molar-refractivity contribution in [2.45, 2.75) is 25.8 Å². The van der Waals surface area contributed by atoms with Crippen LogP contribution in [0, 0.1) is 12.3 Å². The van der Waals surface area contributed by atoms with E-state index in [1.54, 1.807) is 0 Å². The molecule has 1 heterocycles. The molecule has 0 aromatic heterocycles. The summed E-state index contributed by atoms with van der Waals surface area (Å²) in [6.45, 7) is 6.53. The van der Waals surface area contributed by atoms with Crippen molar-refractivity contribution in [1.29, 1.82) is 0 Å². The lowest BCUT2D eigenvalue weighted by molar-refractivity contribution is 0.0956. The molecule has 1 aliphatic heterocycles. The average molecular weight is 123 g/mol. The fourth-order valence-electron chi connectivity index (χ4n) is 0.967. The lowest BCUT2D eigenvalue weighted by Gasteiger charge is -2.41. The molecule has 0 amide bonds. The minimum atomic E-state index is -0.00174. The van der Waals surface area contributed by atoms with E-state index in [-0.39, 0.29) is 5.54 Å². The largest absolute Gasteiger partial charge is 0.288 e. The highest BCUT2D eigenvalue weighted by molar-refractivity contribution is 5.09. The van der Waals surface area contributed by atoms with E-state index >= 15 is 0 Å². The van der Waals surface area contributed by atoms with Gasteiger partial charge in [0, 0.05) is 13.1 Å². The third-order valence-electron chi connectivity index (χ3n) is 2.00. The van der Waals surface area contributed by atoms with Gasteiger partial charge in [0.25, 0.3) is 0 Å². The zero-order chi connectivity index (χ0) is 6.91. The average Bonchev–Trinajstić information content (AvgIpc) is 1.60. The van der Waals surface area contributed by atoms with Gasteiger partial charge in [-0.1, -0.05) is 5.92 Å². The van der Waals surface area contributed by atoms with Gasteiger partial charge in [-0.3, -0.25) is 4.90 Å². The van der Waals surface area contributed by atoms with E-state index in [4.69, 9.17) is 6.42 Å². The first-order valence-corrected chi connectivity index (χ1v) is 3.39. The van der Waals surface area contributed by atoms with Gasteiger partial charge in [0.2, 0.25) is 0 Å². The quantitative estimate of drug-likeness (QED) is 0.472. The van der Waals surface area contributed by atoms with Gasteiger partial charge < -0.3 is 0 Å². The minimum Gasteiger partial charge on any atom is -0.288 e. The van der Waals surface area contributed by atoms with E-state index in [9.17, 15) is 0 Å². The summed E-state index contributed by atoms with van der Waals surface area (Å²) >= 11 is 0. The van der Waals surface area contributed by atoms with E-state index < -0.39 is 0 Å². The molecule has 1 aliphatic rings. The van der Waals surface area contributed by atoms with Crippen molar-refractivity contribution in [1.82, 2.24) is 4.90 Å². The summed E-state index contributed by atoms with van der Waals surface area (Å²) in [7, 11) is 0. The molecule has 0 saturated carbocycles. The summed E-state index contributed by atoms with van der Waals surface area (Å²) < 4.78 is 0. The molecule has 0 aromatic carbocycles. The number of likely N-dealkylation sites (tertiary alicyclic amines) is 1. The van der Waals surface area contributed by atoms with Gasteiger partial charge >= 0.3 is 0 Å². The molecule has 0 spiro atoms. The molecule has 50 valence electrons. The van der Waals surface area contributed by atoms with Crippen LogP contribution in [-0.2, 0) is 0 Å². The third kappa shape index (κ3) is 1.09. The second-order valence-electron chi connectivity index (χ2n) is 3.04. The summed E-state index contributed by atoms with van der Waals surface area (Å²) in [5, 5.41) is 0. The van der Waals surface area contributed by atoms with E-state index in [0.717, 1.165) is 0 Å². The Morgan fingerprint density at radius 3 is 2.11 bits per heavy atom. The molecule has 1 fully saturated rings. The van der Waals surface area contributed by atoms with Crippen LogP contribution in [0.15, 0.2) is 0 Å². The van der Waals surface area contributed by atoms with Crippen LogP contribution in [0.25, 0.3) is 0 Å². The van der Waals surface area contributed by atoms with Crippen molar-refractivity contribution in [2.24, 2.45) is 0 Å². The molecule has 0 atom stereocenters. The summed E-state index contributed by atoms with van der Waals surface area (Å²) in [5.41, 5.74) is -0.00174. The standard InChI is InChI=1S/C8H13N/c1-4-8(2,3)9-6-5-7-9/h1H,5-7H2,2-3H3. The first kappa shape index (κ1) is 6.64. The highest BCUT2D eigenvalue weighted by Crippen LogP contribution is 2.19. The monoisotopic (exact) mass is 123 g/mol. The molecule has 0 N–H and O–H groups in total. The lowest BCUT2D eigenvalue weighted by atomic mass is 10.00. The van der Waals surface area contributed by atoms with Crippen molar-refractivity contribution < 1.29 is 0 Å². The Labute approximate surface area is 57.0 Å². The molecule has 1 nitrogen and oxygen atoms in total. The number of hydrogen-bond acceptors (Lipinski definition) is 1. The molecular weight excluding hydrogens is 110 g/mol. The van der Waals surface area contributed by atoms with Crippen LogP contribution in [-0.4, -0.2) is 23.5 Å². The normalized spacial score (nSPS) is 20.6. The first-order valence-electron chi connectivity index (χ1n) is 3.39. The van der Waals surface area contributed by atoms with E-state index in [1.807, 2.05) is 0 Å². The Morgan fingerprint density at radius 2 is 2.00 bits per heavy atom. The van der Waals surface area contributed by atoms with Gasteiger partial charge in [-0.05, 0) is 20.3 Å². The molecule has 0 unspecified atom stereocenters. The highest BCUT2D eigenvalue weighted by Gasteiger charge is 2.28. The van der Waals surface area contributed by atoms with Crippen LogP contribution >= 0.6 is 0 Å². The predicted molar refractivity (Wildman–Crippen MR) is 39.1 cm³/mol. The molecule has 1 saturated heterocycles. The Balaban J connectivity index is 2.50. The highest BCUT2D eigenvalue weighted by atomic mass is 15.2. The van der Waals surface area contributed by atoms with Crippen LogP contribution in [0.2, 0.25) is 0 Å². The zero-order valence-corrected chi connectivity index (χ0v) is 6.15. The van der Waals surface area contributed by atoms with Crippen molar-refractivity contribution in [2.75, 3.05) is 13.1 Å². The fraction of sp³-hybridized carbons (Fsp3) is 0.750. The van der Waals surface area contributed by atoms with E-state index in [2.05, 4.69) is 24.7 Å². The zero-order valence-electron chi connectivity index (χ0n) is 6.15. The molecule has 0 bridgehead atoms. The number of terminal acetylenes is 1. The SMILES string of the molecule is C#CC(C)(C)N1CCC1. The molecule has 1 rings (SSSR count). The third-order valence-corrected chi connectivity index (χ3v) is 2.00. The molecule has 0 aromatic rings. The fourth-order valence-corrected chi connectivity index (χ4v) is 0.967. The van der Waals surface area contributed by atoms with Crippen LogP contribution in [0.3, 0.4) is 0 Å². The van der Waals surface area contributed by atoms with Crippen molar-refractivity contribution in [3.63, 3.8) is 0 Å². The maximum atomic E-state index is 5.32. The Hall–Kier alpha value is -0.480. The Bertz CT molecular complexity index is 137. The van der Waals surface area contributed by atoms with Gasteiger partial charge in [-0.2, -0.15) is 0 Å². The molecule has 1 heteroatoms. The van der Waals surface area contributed by atoms with Crippen LogP contribution in [0.4, 0.5) is 0 Å². The van der Waals surface area contributed by atoms with Gasteiger partial charge in [-0.15, -0.1) is 6.42 Å². The molecule has 0 radical (unpaired) electrons. The first-order chi connectivity index (χ1) is 4.17. The van der Waals surface area contributed by atoms with Crippen molar-refractivity contribution >= 4 is 0 Å². The van der Waals surface area contributed by atoms with Gasteiger partial charge in [-0.25, -0.2) is 0 Å². The summed E-state index contributed by atoms with van der Waals surface area (Å²) in [5.74, 6) is 2.77. The maximum Gasteiger partial charge on any atom is 0.0766 e. The van der Waals surface area contributed by atoms with Crippen LogP contribution in [0.1, 0.15) is 20.3 Å². The second kappa shape index (κ2) is 2.04. The van der Waals surface area contributed by atoms with Gasteiger partial charge in [0.05, 0.1) is 5.54 Å². The van der Waals surface area contributed by atoms with Crippen LogP contribution in [0.5, 0.6) is 0 Å². The smallest absolute Gasteiger partial charge is 0.0766 e. The van der Waals surface area contributed by atoms with Gasteiger partial charge in [0.1, 0.15) is 0 Å².